The molecular formula is C11H18N2O2. The van der Waals surface area contributed by atoms with Crippen molar-refractivity contribution in [1.29, 1.82) is 0 Å². The Hall–Kier alpha value is -1.32. The molecule has 1 heterocycles. The fraction of sp³-hybridized carbons (Fsp3) is 0.636. The van der Waals surface area contributed by atoms with Gasteiger partial charge in [0, 0.05) is 18.3 Å². The van der Waals surface area contributed by atoms with Gasteiger partial charge in [-0.15, -0.1) is 0 Å². The third kappa shape index (κ3) is 2.37. The van der Waals surface area contributed by atoms with Crippen molar-refractivity contribution < 1.29 is 9.53 Å². The molecule has 0 radical (unpaired) electrons. The van der Waals surface area contributed by atoms with Crippen LogP contribution >= 0.6 is 0 Å². The van der Waals surface area contributed by atoms with Gasteiger partial charge in [-0.2, -0.15) is 5.10 Å². The maximum atomic E-state index is 11.7. The lowest BCUT2D eigenvalue weighted by molar-refractivity contribution is -0.148. The number of carbonyl (C=O) groups excluding carboxylic acids is 1. The highest BCUT2D eigenvalue weighted by Gasteiger charge is 2.32. The summed E-state index contributed by atoms with van der Waals surface area (Å²) >= 11 is 0. The Balaban J connectivity index is 2.89. The monoisotopic (exact) mass is 210 g/mol. The Kier molecular flexibility index (Phi) is 3.50. The van der Waals surface area contributed by atoms with E-state index in [2.05, 4.69) is 5.10 Å². The Labute approximate surface area is 90.2 Å². The molecule has 0 saturated carbocycles. The van der Waals surface area contributed by atoms with Crippen LogP contribution in [0.1, 0.15) is 33.3 Å². The van der Waals surface area contributed by atoms with E-state index >= 15 is 0 Å². The molecule has 0 N–H and O–H groups in total. The summed E-state index contributed by atoms with van der Waals surface area (Å²) < 4.78 is 6.83. The molecule has 1 aromatic heterocycles. The summed E-state index contributed by atoms with van der Waals surface area (Å²) in [7, 11) is 0. The number of ether oxygens (including phenoxy) is 1. The Morgan fingerprint density at radius 1 is 1.53 bits per heavy atom. The number of aryl methyl sites for hydroxylation is 1. The van der Waals surface area contributed by atoms with E-state index in [4.69, 9.17) is 4.74 Å². The summed E-state index contributed by atoms with van der Waals surface area (Å²) in [5.74, 6) is -0.208. The van der Waals surface area contributed by atoms with Crippen LogP contribution < -0.4 is 0 Å². The minimum atomic E-state index is -0.622. The molecule has 0 bridgehead atoms. The average Bonchev–Trinajstić information content (AvgIpc) is 2.66. The molecule has 0 saturated heterocycles. The second kappa shape index (κ2) is 4.47. The predicted molar refractivity (Wildman–Crippen MR) is 57.6 cm³/mol. The van der Waals surface area contributed by atoms with Crippen molar-refractivity contribution in [1.82, 2.24) is 9.78 Å². The van der Waals surface area contributed by atoms with Crippen LogP contribution in [-0.2, 0) is 21.5 Å². The van der Waals surface area contributed by atoms with Crippen LogP contribution in [0.2, 0.25) is 0 Å². The van der Waals surface area contributed by atoms with Gasteiger partial charge in [-0.3, -0.25) is 9.48 Å². The third-order valence-corrected chi connectivity index (χ3v) is 2.46. The molecule has 0 spiro atoms. The first-order valence-electron chi connectivity index (χ1n) is 5.22. The van der Waals surface area contributed by atoms with Gasteiger partial charge in [-0.05, 0) is 27.7 Å². The van der Waals surface area contributed by atoms with Gasteiger partial charge in [0.15, 0.2) is 0 Å². The van der Waals surface area contributed by atoms with Crippen LogP contribution in [0.4, 0.5) is 0 Å². The van der Waals surface area contributed by atoms with Crippen molar-refractivity contribution in [2.24, 2.45) is 0 Å². The number of carbonyl (C=O) groups is 1. The zero-order chi connectivity index (χ0) is 11.5. The first-order chi connectivity index (χ1) is 7.02. The van der Waals surface area contributed by atoms with E-state index < -0.39 is 5.41 Å². The highest BCUT2D eigenvalue weighted by Crippen LogP contribution is 2.24. The number of nitrogens with zero attached hydrogens (tertiary/aromatic N) is 2. The van der Waals surface area contributed by atoms with Crippen molar-refractivity contribution in [2.75, 3.05) is 6.61 Å². The molecule has 84 valence electrons. The first-order valence-corrected chi connectivity index (χ1v) is 5.22. The Morgan fingerprint density at radius 3 is 2.67 bits per heavy atom. The minimum absolute atomic E-state index is 0.208. The molecule has 0 aliphatic rings. The summed E-state index contributed by atoms with van der Waals surface area (Å²) in [5.41, 5.74) is 0.270. The van der Waals surface area contributed by atoms with Gasteiger partial charge in [0.2, 0.25) is 0 Å². The molecule has 0 fully saturated rings. The summed E-state index contributed by atoms with van der Waals surface area (Å²) in [6.45, 7) is 8.73. The smallest absolute Gasteiger partial charge is 0.316 e. The van der Waals surface area contributed by atoms with Crippen molar-refractivity contribution >= 4 is 5.97 Å². The van der Waals surface area contributed by atoms with Crippen LogP contribution in [0.5, 0.6) is 0 Å². The van der Waals surface area contributed by atoms with Crippen molar-refractivity contribution in [3.63, 3.8) is 0 Å². The van der Waals surface area contributed by atoms with Gasteiger partial charge in [-0.25, -0.2) is 0 Å². The fourth-order valence-corrected chi connectivity index (χ4v) is 1.29. The van der Waals surface area contributed by atoms with Crippen LogP contribution in [0.3, 0.4) is 0 Å². The number of hydrogen-bond donors (Lipinski definition) is 0. The van der Waals surface area contributed by atoms with E-state index in [1.165, 1.54) is 0 Å². The summed E-state index contributed by atoms with van der Waals surface area (Å²) in [4.78, 5) is 11.7. The van der Waals surface area contributed by atoms with Gasteiger partial charge in [0.25, 0.3) is 0 Å². The minimum Gasteiger partial charge on any atom is -0.465 e. The van der Waals surface area contributed by atoms with E-state index in [0.29, 0.717) is 6.61 Å². The molecule has 4 heteroatoms. The SMILES string of the molecule is CCOC(=O)C(C)(C)c1cnn(CC)c1. The van der Waals surface area contributed by atoms with Gasteiger partial charge in [0.1, 0.15) is 0 Å². The van der Waals surface area contributed by atoms with E-state index in [0.717, 1.165) is 12.1 Å². The Morgan fingerprint density at radius 2 is 2.20 bits per heavy atom. The number of hydrogen-bond acceptors (Lipinski definition) is 3. The molecule has 1 aromatic rings. The normalized spacial score (nSPS) is 11.5. The average molecular weight is 210 g/mol. The van der Waals surface area contributed by atoms with Crippen LogP contribution in [0.15, 0.2) is 12.4 Å². The fourth-order valence-electron chi connectivity index (χ4n) is 1.29. The maximum absolute atomic E-state index is 11.7. The number of aromatic nitrogens is 2. The quantitative estimate of drug-likeness (QED) is 0.711. The van der Waals surface area contributed by atoms with E-state index in [9.17, 15) is 4.79 Å². The summed E-state index contributed by atoms with van der Waals surface area (Å²) in [6.07, 6.45) is 3.61. The van der Waals surface area contributed by atoms with E-state index in [1.807, 2.05) is 33.9 Å². The van der Waals surface area contributed by atoms with Crippen molar-refractivity contribution in [2.45, 2.75) is 39.7 Å². The zero-order valence-electron chi connectivity index (χ0n) is 9.78. The first kappa shape index (κ1) is 11.8. The highest BCUT2D eigenvalue weighted by molar-refractivity contribution is 5.81. The molecule has 1 rings (SSSR count). The second-order valence-corrected chi connectivity index (χ2v) is 3.93. The van der Waals surface area contributed by atoms with E-state index in [1.54, 1.807) is 10.9 Å². The Bertz CT molecular complexity index is 342. The van der Waals surface area contributed by atoms with Gasteiger partial charge < -0.3 is 4.74 Å². The number of esters is 1. The topological polar surface area (TPSA) is 44.1 Å². The molecular weight excluding hydrogens is 192 g/mol. The third-order valence-electron chi connectivity index (χ3n) is 2.46. The molecule has 15 heavy (non-hydrogen) atoms. The lowest BCUT2D eigenvalue weighted by Gasteiger charge is -2.20. The zero-order valence-corrected chi connectivity index (χ0v) is 9.78. The van der Waals surface area contributed by atoms with Crippen molar-refractivity contribution in [3.8, 4) is 0 Å². The molecule has 0 aromatic carbocycles. The summed E-state index contributed by atoms with van der Waals surface area (Å²) in [6, 6.07) is 0. The lowest BCUT2D eigenvalue weighted by Crippen LogP contribution is -2.30. The van der Waals surface area contributed by atoms with Crippen LogP contribution in [0, 0.1) is 0 Å². The standard InChI is InChI=1S/C11H18N2O2/c1-5-13-8-9(7-12-13)11(3,4)10(14)15-6-2/h7-8H,5-6H2,1-4H3. The molecule has 0 amide bonds. The van der Waals surface area contributed by atoms with Crippen LogP contribution in [0.25, 0.3) is 0 Å². The summed E-state index contributed by atoms with van der Waals surface area (Å²) in [5, 5.41) is 4.15. The van der Waals surface area contributed by atoms with Crippen molar-refractivity contribution in [3.05, 3.63) is 18.0 Å². The second-order valence-electron chi connectivity index (χ2n) is 3.93. The van der Waals surface area contributed by atoms with Crippen LogP contribution in [-0.4, -0.2) is 22.4 Å². The maximum Gasteiger partial charge on any atom is 0.316 e. The molecule has 0 atom stereocenters. The van der Waals surface area contributed by atoms with Gasteiger partial charge >= 0.3 is 5.97 Å². The highest BCUT2D eigenvalue weighted by atomic mass is 16.5. The lowest BCUT2D eigenvalue weighted by atomic mass is 9.87. The van der Waals surface area contributed by atoms with E-state index in [-0.39, 0.29) is 5.97 Å². The predicted octanol–water partition coefficient (Wildman–Crippen LogP) is 1.74. The molecule has 0 unspecified atom stereocenters. The largest absolute Gasteiger partial charge is 0.465 e. The van der Waals surface area contributed by atoms with Gasteiger partial charge in [0.05, 0.1) is 18.2 Å². The number of rotatable bonds is 4. The molecule has 4 nitrogen and oxygen atoms in total. The van der Waals surface area contributed by atoms with Gasteiger partial charge in [-0.1, -0.05) is 0 Å². The molecule has 0 aliphatic heterocycles. The molecule has 0 aliphatic carbocycles.